The first-order valence-electron chi connectivity index (χ1n) is 15.5. The van der Waals surface area contributed by atoms with Gasteiger partial charge in [0.15, 0.2) is 5.78 Å². The molecule has 5 rings (SSSR count). The number of ketones is 1. The molecule has 0 aliphatic heterocycles. The molecule has 4 nitrogen and oxygen atoms in total. The number of rotatable bonds is 9. The van der Waals surface area contributed by atoms with Crippen molar-refractivity contribution in [1.82, 2.24) is 9.97 Å². The third kappa shape index (κ3) is 8.49. The number of hydrogen-bond acceptors (Lipinski definition) is 4. The summed E-state index contributed by atoms with van der Waals surface area (Å²) in [5, 5.41) is 14.8. The molecule has 0 fully saturated rings. The van der Waals surface area contributed by atoms with Gasteiger partial charge in [-0.2, -0.15) is 0 Å². The molecule has 0 unspecified atom stereocenters. The van der Waals surface area contributed by atoms with Crippen LogP contribution in [0.15, 0.2) is 91.0 Å². The topological polar surface area (TPSA) is 63.1 Å². The smallest absolute Gasteiger partial charge is 0.162 e. The SMILES string of the molecule is CCC(CC)C(=O)/C=C(\O)C(CC)CC.Cc1[c-]c(-c2cc(-c3ccc4c(ccc5ccccc54)c3)ncn2)cc(C)c1.[Ir]. The van der Waals surface area contributed by atoms with Gasteiger partial charge < -0.3 is 5.11 Å². The molecule has 0 bridgehead atoms. The van der Waals surface area contributed by atoms with Gasteiger partial charge in [0, 0.05) is 43.6 Å². The second-order valence-corrected chi connectivity index (χ2v) is 11.3. The Labute approximate surface area is 276 Å². The zero-order valence-corrected chi connectivity index (χ0v) is 29.0. The van der Waals surface area contributed by atoms with Gasteiger partial charge in [-0.3, -0.25) is 9.78 Å². The number of benzene rings is 4. The molecular weight excluding hydrogens is 721 g/mol. The summed E-state index contributed by atoms with van der Waals surface area (Å²) in [5.74, 6) is 0.547. The Morgan fingerprint density at radius 3 is 2.09 bits per heavy atom. The van der Waals surface area contributed by atoms with Crippen molar-refractivity contribution in [3.05, 3.63) is 108 Å². The van der Waals surface area contributed by atoms with Crippen LogP contribution in [-0.2, 0) is 24.9 Å². The average Bonchev–Trinajstić information content (AvgIpc) is 3.02. The molecule has 0 spiro atoms. The summed E-state index contributed by atoms with van der Waals surface area (Å²) >= 11 is 0. The molecule has 0 saturated carbocycles. The van der Waals surface area contributed by atoms with E-state index in [1.54, 1.807) is 6.33 Å². The minimum atomic E-state index is 0. The number of aliphatic hydroxyl groups excluding tert-OH is 1. The molecule has 44 heavy (non-hydrogen) atoms. The van der Waals surface area contributed by atoms with Gasteiger partial charge >= 0.3 is 0 Å². The van der Waals surface area contributed by atoms with Crippen LogP contribution in [0.1, 0.15) is 64.5 Å². The van der Waals surface area contributed by atoms with E-state index in [2.05, 4.69) is 96.6 Å². The largest absolute Gasteiger partial charge is 0.512 e. The van der Waals surface area contributed by atoms with E-state index in [1.807, 2.05) is 33.8 Å². The van der Waals surface area contributed by atoms with Crippen molar-refractivity contribution < 1.29 is 30.0 Å². The Hall–Kier alpha value is -3.66. The van der Waals surface area contributed by atoms with Crippen molar-refractivity contribution in [1.29, 1.82) is 0 Å². The second kappa shape index (κ2) is 16.4. The minimum Gasteiger partial charge on any atom is -0.512 e. The predicted molar refractivity (Wildman–Crippen MR) is 180 cm³/mol. The summed E-state index contributed by atoms with van der Waals surface area (Å²) in [4.78, 5) is 20.7. The quantitative estimate of drug-likeness (QED) is 0.0703. The van der Waals surface area contributed by atoms with E-state index in [0.717, 1.165) is 53.8 Å². The maximum absolute atomic E-state index is 11.7. The van der Waals surface area contributed by atoms with Gasteiger partial charge in [0.1, 0.15) is 6.33 Å². The van der Waals surface area contributed by atoms with Crippen LogP contribution >= 0.6 is 0 Å². The molecule has 0 aliphatic carbocycles. The van der Waals surface area contributed by atoms with E-state index >= 15 is 0 Å². The Balaban J connectivity index is 0.000000286. The Bertz CT molecular complexity index is 1720. The summed E-state index contributed by atoms with van der Waals surface area (Å²) < 4.78 is 0. The van der Waals surface area contributed by atoms with Gasteiger partial charge in [-0.1, -0.05) is 96.1 Å². The summed E-state index contributed by atoms with van der Waals surface area (Å²) in [5.41, 5.74) is 6.25. The number of aliphatic hydroxyl groups is 1. The van der Waals surface area contributed by atoms with Crippen LogP contribution in [0.3, 0.4) is 0 Å². The number of allylic oxidation sites excluding steroid dienone is 2. The molecule has 1 radical (unpaired) electrons. The van der Waals surface area contributed by atoms with Crippen molar-refractivity contribution in [3.8, 4) is 22.5 Å². The number of nitrogens with zero attached hydrogens (tertiary/aromatic N) is 2. The van der Waals surface area contributed by atoms with Gasteiger partial charge in [0.2, 0.25) is 0 Å². The van der Waals surface area contributed by atoms with E-state index in [1.165, 1.54) is 33.2 Å². The van der Waals surface area contributed by atoms with Crippen LogP contribution in [0.4, 0.5) is 0 Å². The number of hydrogen-bond donors (Lipinski definition) is 1. The van der Waals surface area contributed by atoms with E-state index < -0.39 is 0 Å². The molecule has 1 N–H and O–H groups in total. The van der Waals surface area contributed by atoms with Crippen LogP contribution in [-0.4, -0.2) is 20.9 Å². The van der Waals surface area contributed by atoms with Crippen molar-refractivity contribution in [2.24, 2.45) is 11.8 Å². The molecule has 5 heteroatoms. The fourth-order valence-corrected chi connectivity index (χ4v) is 5.65. The molecule has 0 saturated heterocycles. The normalized spacial score (nSPS) is 11.4. The maximum atomic E-state index is 11.7. The first kappa shape index (κ1) is 34.8. The molecule has 0 aliphatic rings. The Morgan fingerprint density at radius 2 is 1.41 bits per heavy atom. The summed E-state index contributed by atoms with van der Waals surface area (Å²) in [6.07, 6.45) is 6.55. The van der Waals surface area contributed by atoms with Crippen LogP contribution in [0.5, 0.6) is 0 Å². The van der Waals surface area contributed by atoms with E-state index in [9.17, 15) is 9.90 Å². The van der Waals surface area contributed by atoms with Gasteiger partial charge in [0.25, 0.3) is 0 Å². The van der Waals surface area contributed by atoms with E-state index in [-0.39, 0.29) is 43.5 Å². The molecule has 231 valence electrons. The van der Waals surface area contributed by atoms with Gasteiger partial charge in [0.05, 0.1) is 11.5 Å². The van der Waals surface area contributed by atoms with E-state index in [0.29, 0.717) is 0 Å². The fraction of sp³-hybridized carbons (Fsp3) is 0.308. The van der Waals surface area contributed by atoms with Gasteiger partial charge in [-0.25, -0.2) is 4.98 Å². The zero-order valence-electron chi connectivity index (χ0n) is 26.6. The van der Waals surface area contributed by atoms with Crippen molar-refractivity contribution in [3.63, 3.8) is 0 Å². The number of carbonyl (C=O) groups excluding carboxylic acids is 1. The third-order valence-corrected chi connectivity index (χ3v) is 8.21. The van der Waals surface area contributed by atoms with Crippen LogP contribution in [0.25, 0.3) is 44.1 Å². The molecule has 0 amide bonds. The number of carbonyl (C=O) groups is 1. The molecule has 1 aromatic heterocycles. The summed E-state index contributed by atoms with van der Waals surface area (Å²) in [6, 6.07) is 29.1. The first-order valence-corrected chi connectivity index (χ1v) is 15.5. The Morgan fingerprint density at radius 1 is 0.773 bits per heavy atom. The summed E-state index contributed by atoms with van der Waals surface area (Å²) in [7, 11) is 0. The van der Waals surface area contributed by atoms with Crippen molar-refractivity contribution in [2.45, 2.75) is 67.2 Å². The first-order chi connectivity index (χ1) is 20.8. The average molecular weight is 764 g/mol. The fourth-order valence-electron chi connectivity index (χ4n) is 5.65. The van der Waals surface area contributed by atoms with Crippen LogP contribution < -0.4 is 0 Å². The third-order valence-electron chi connectivity index (χ3n) is 8.21. The summed E-state index contributed by atoms with van der Waals surface area (Å²) in [6.45, 7) is 12.2. The number of aromatic nitrogens is 2. The van der Waals surface area contributed by atoms with E-state index in [4.69, 9.17) is 0 Å². The molecule has 0 atom stereocenters. The second-order valence-electron chi connectivity index (χ2n) is 11.3. The van der Waals surface area contributed by atoms with Crippen LogP contribution in [0.2, 0.25) is 0 Å². The zero-order chi connectivity index (χ0) is 30.9. The molecule has 4 aromatic carbocycles. The standard InChI is InChI=1S/C26H19N2.C13H24O2.Ir/c1-17-11-18(2)13-22(12-17)26-15-25(27-16-28-26)21-9-10-24-20(14-21)8-7-19-5-3-4-6-23(19)24;1-5-10(6-2)12(14)9-13(15)11(7-3)8-4;/h3-12,14-16H,1-2H3;9-11,14H,5-8H2,1-4H3;/q-1;;/b;12-9-;. The Kier molecular flexibility index (Phi) is 13.0. The van der Waals surface area contributed by atoms with Gasteiger partial charge in [-0.05, 0) is 59.0 Å². The molecule has 1 heterocycles. The minimum absolute atomic E-state index is 0. The van der Waals surface area contributed by atoms with Crippen LogP contribution in [0, 0.1) is 31.7 Å². The molecular formula is C39H43IrN2O2-. The number of aryl methyl sites for hydroxylation is 2. The molecule has 5 aromatic rings. The number of fused-ring (bicyclic) bond motifs is 3. The monoisotopic (exact) mass is 764 g/mol. The predicted octanol–water partition coefficient (Wildman–Crippen LogP) is 10.4. The van der Waals surface area contributed by atoms with Crippen molar-refractivity contribution >= 4 is 27.3 Å². The maximum Gasteiger partial charge on any atom is 0.162 e. The van der Waals surface area contributed by atoms with Crippen molar-refractivity contribution in [2.75, 3.05) is 0 Å². The van der Waals surface area contributed by atoms with Gasteiger partial charge in [-0.15, -0.1) is 34.9 Å².